The Hall–Kier alpha value is -0.740. The third-order valence-electron chi connectivity index (χ3n) is 2.10. The second kappa shape index (κ2) is 4.19. The molecule has 2 N–H and O–H groups in total. The lowest BCUT2D eigenvalue weighted by Gasteiger charge is -2.10. The highest BCUT2D eigenvalue weighted by atomic mass is 79.9. The van der Waals surface area contributed by atoms with Crippen LogP contribution in [0.5, 0.6) is 11.5 Å². The fourth-order valence-corrected chi connectivity index (χ4v) is 2.01. The van der Waals surface area contributed by atoms with Gasteiger partial charge in [-0.25, -0.2) is 0 Å². The van der Waals surface area contributed by atoms with E-state index < -0.39 is 0 Å². The van der Waals surface area contributed by atoms with Crippen LogP contribution in [0.3, 0.4) is 0 Å². The zero-order chi connectivity index (χ0) is 9.97. The average molecular weight is 258 g/mol. The van der Waals surface area contributed by atoms with Crippen molar-refractivity contribution in [1.29, 1.82) is 0 Å². The van der Waals surface area contributed by atoms with E-state index in [0.29, 0.717) is 19.8 Å². The third-order valence-corrected chi connectivity index (χ3v) is 2.69. The van der Waals surface area contributed by atoms with Crippen molar-refractivity contribution < 1.29 is 9.47 Å². The van der Waals surface area contributed by atoms with Crippen LogP contribution in [-0.2, 0) is 6.54 Å². The summed E-state index contributed by atoms with van der Waals surface area (Å²) in [4.78, 5) is 0. The minimum Gasteiger partial charge on any atom is -0.490 e. The topological polar surface area (TPSA) is 44.5 Å². The lowest BCUT2D eigenvalue weighted by molar-refractivity contribution is 0.296. The number of halogens is 1. The molecule has 3 nitrogen and oxygen atoms in total. The van der Waals surface area contributed by atoms with Crippen molar-refractivity contribution in [3.05, 3.63) is 22.2 Å². The summed E-state index contributed by atoms with van der Waals surface area (Å²) in [5.74, 6) is 1.58. The van der Waals surface area contributed by atoms with Crippen molar-refractivity contribution in [2.24, 2.45) is 5.73 Å². The van der Waals surface area contributed by atoms with E-state index in [0.717, 1.165) is 28.0 Å². The second-order valence-corrected chi connectivity index (χ2v) is 4.01. The molecule has 0 amide bonds. The van der Waals surface area contributed by atoms with Gasteiger partial charge in [-0.05, 0) is 33.6 Å². The SMILES string of the molecule is NCc1cc(Br)c2c(c1)OCCCO2. The van der Waals surface area contributed by atoms with Gasteiger partial charge in [-0.2, -0.15) is 0 Å². The van der Waals surface area contributed by atoms with Gasteiger partial charge in [0.05, 0.1) is 17.7 Å². The minimum absolute atomic E-state index is 0.509. The standard InChI is InChI=1S/C10H12BrNO2/c11-8-4-7(6-12)5-9-10(8)14-3-1-2-13-9/h4-5H,1-3,6,12H2. The largest absolute Gasteiger partial charge is 0.490 e. The molecule has 1 aliphatic heterocycles. The summed E-state index contributed by atoms with van der Waals surface area (Å²) in [6, 6.07) is 3.90. The summed E-state index contributed by atoms with van der Waals surface area (Å²) >= 11 is 3.45. The first kappa shape index (κ1) is 9.80. The molecule has 1 heterocycles. The highest BCUT2D eigenvalue weighted by molar-refractivity contribution is 9.10. The molecule has 0 saturated heterocycles. The number of benzene rings is 1. The maximum absolute atomic E-state index is 5.57. The van der Waals surface area contributed by atoms with E-state index in [4.69, 9.17) is 15.2 Å². The van der Waals surface area contributed by atoms with Gasteiger partial charge in [0, 0.05) is 13.0 Å². The molecule has 0 saturated carbocycles. The Balaban J connectivity index is 2.43. The van der Waals surface area contributed by atoms with E-state index in [9.17, 15) is 0 Å². The number of nitrogens with two attached hydrogens (primary N) is 1. The van der Waals surface area contributed by atoms with Gasteiger partial charge in [-0.3, -0.25) is 0 Å². The van der Waals surface area contributed by atoms with Gasteiger partial charge in [-0.15, -0.1) is 0 Å². The molecular weight excluding hydrogens is 246 g/mol. The van der Waals surface area contributed by atoms with Crippen LogP contribution in [0.25, 0.3) is 0 Å². The maximum atomic E-state index is 5.57. The van der Waals surface area contributed by atoms with Crippen molar-refractivity contribution in [3.8, 4) is 11.5 Å². The first-order valence-electron chi connectivity index (χ1n) is 4.59. The number of hydrogen-bond donors (Lipinski definition) is 1. The van der Waals surface area contributed by atoms with E-state index in [2.05, 4.69) is 15.9 Å². The summed E-state index contributed by atoms with van der Waals surface area (Å²) < 4.78 is 12.0. The maximum Gasteiger partial charge on any atom is 0.175 e. The van der Waals surface area contributed by atoms with Crippen molar-refractivity contribution in [2.45, 2.75) is 13.0 Å². The lowest BCUT2D eigenvalue weighted by Crippen LogP contribution is -1.99. The molecule has 1 aromatic rings. The van der Waals surface area contributed by atoms with Gasteiger partial charge in [0.25, 0.3) is 0 Å². The van der Waals surface area contributed by atoms with Crippen molar-refractivity contribution in [3.63, 3.8) is 0 Å². The molecule has 0 spiro atoms. The van der Waals surface area contributed by atoms with Crippen LogP contribution in [0.1, 0.15) is 12.0 Å². The molecule has 0 aromatic heterocycles. The quantitative estimate of drug-likeness (QED) is 0.838. The van der Waals surface area contributed by atoms with Crippen LogP contribution < -0.4 is 15.2 Å². The lowest BCUT2D eigenvalue weighted by atomic mass is 10.2. The van der Waals surface area contributed by atoms with Gasteiger partial charge < -0.3 is 15.2 Å². The molecular formula is C10H12BrNO2. The fourth-order valence-electron chi connectivity index (χ4n) is 1.40. The van der Waals surface area contributed by atoms with Crippen LogP contribution in [-0.4, -0.2) is 13.2 Å². The van der Waals surface area contributed by atoms with Crippen LogP contribution in [0.4, 0.5) is 0 Å². The Kier molecular flexibility index (Phi) is 2.93. The molecule has 76 valence electrons. The third kappa shape index (κ3) is 1.86. The van der Waals surface area contributed by atoms with Gasteiger partial charge in [0.1, 0.15) is 0 Å². The Morgan fingerprint density at radius 2 is 2.07 bits per heavy atom. The molecule has 4 heteroatoms. The van der Waals surface area contributed by atoms with E-state index in [-0.39, 0.29) is 0 Å². The van der Waals surface area contributed by atoms with Crippen molar-refractivity contribution >= 4 is 15.9 Å². The highest BCUT2D eigenvalue weighted by Gasteiger charge is 2.14. The van der Waals surface area contributed by atoms with Gasteiger partial charge in [0.15, 0.2) is 11.5 Å². The smallest absolute Gasteiger partial charge is 0.175 e. The molecule has 0 bridgehead atoms. The van der Waals surface area contributed by atoms with E-state index >= 15 is 0 Å². The van der Waals surface area contributed by atoms with Gasteiger partial charge in [-0.1, -0.05) is 0 Å². The predicted molar refractivity (Wildman–Crippen MR) is 57.6 cm³/mol. The molecule has 0 fully saturated rings. The zero-order valence-corrected chi connectivity index (χ0v) is 9.34. The van der Waals surface area contributed by atoms with E-state index in [1.54, 1.807) is 0 Å². The van der Waals surface area contributed by atoms with Gasteiger partial charge >= 0.3 is 0 Å². The molecule has 14 heavy (non-hydrogen) atoms. The Morgan fingerprint density at radius 3 is 2.86 bits per heavy atom. The summed E-state index contributed by atoms with van der Waals surface area (Å²) in [6.45, 7) is 1.91. The molecule has 0 atom stereocenters. The second-order valence-electron chi connectivity index (χ2n) is 3.16. The Bertz CT molecular complexity index is 341. The molecule has 2 rings (SSSR count). The zero-order valence-electron chi connectivity index (χ0n) is 7.75. The average Bonchev–Trinajstić information content (AvgIpc) is 2.42. The number of fused-ring (bicyclic) bond motifs is 1. The van der Waals surface area contributed by atoms with Crippen molar-refractivity contribution in [2.75, 3.05) is 13.2 Å². The highest BCUT2D eigenvalue weighted by Crippen LogP contribution is 2.37. The summed E-state index contributed by atoms with van der Waals surface area (Å²) in [7, 11) is 0. The number of rotatable bonds is 1. The molecule has 0 unspecified atom stereocenters. The molecule has 1 aromatic carbocycles. The summed E-state index contributed by atoms with van der Waals surface area (Å²) in [6.07, 6.45) is 0.916. The van der Waals surface area contributed by atoms with E-state index in [1.807, 2.05) is 12.1 Å². The van der Waals surface area contributed by atoms with Crippen LogP contribution in [0, 0.1) is 0 Å². The normalized spacial score (nSPS) is 15.0. The minimum atomic E-state index is 0.509. The van der Waals surface area contributed by atoms with Gasteiger partial charge in [0.2, 0.25) is 0 Å². The van der Waals surface area contributed by atoms with Crippen LogP contribution >= 0.6 is 15.9 Å². The predicted octanol–water partition coefficient (Wildman–Crippen LogP) is 2.07. The van der Waals surface area contributed by atoms with Crippen molar-refractivity contribution in [1.82, 2.24) is 0 Å². The fraction of sp³-hybridized carbons (Fsp3) is 0.400. The number of hydrogen-bond acceptors (Lipinski definition) is 3. The summed E-state index contributed by atoms with van der Waals surface area (Å²) in [5, 5.41) is 0. The monoisotopic (exact) mass is 257 g/mol. The van der Waals surface area contributed by atoms with E-state index in [1.165, 1.54) is 0 Å². The molecule has 0 aliphatic carbocycles. The Morgan fingerprint density at radius 1 is 1.29 bits per heavy atom. The molecule has 0 radical (unpaired) electrons. The first-order chi connectivity index (χ1) is 6.81. The summed E-state index contributed by atoms with van der Waals surface area (Å²) in [5.41, 5.74) is 6.62. The number of ether oxygens (including phenoxy) is 2. The van der Waals surface area contributed by atoms with Crippen LogP contribution in [0.2, 0.25) is 0 Å². The Labute approximate surface area is 91.3 Å². The van der Waals surface area contributed by atoms with Crippen LogP contribution in [0.15, 0.2) is 16.6 Å². The first-order valence-corrected chi connectivity index (χ1v) is 5.38. The molecule has 1 aliphatic rings.